The van der Waals surface area contributed by atoms with Crippen LogP contribution in [0.15, 0.2) is 24.5 Å². The lowest BCUT2D eigenvalue weighted by Crippen LogP contribution is -2.02. The topological polar surface area (TPSA) is 78.5 Å². The number of rotatable bonds is 3. The Kier molecular flexibility index (Phi) is 2.98. The van der Waals surface area contributed by atoms with E-state index in [2.05, 4.69) is 62.6 Å². The molecule has 0 saturated carbocycles. The molecule has 0 amide bonds. The quantitative estimate of drug-likeness (QED) is 0.680. The number of aryl methyl sites for hydroxylation is 2. The van der Waals surface area contributed by atoms with Gasteiger partial charge < -0.3 is 15.6 Å². The molecule has 102 valence electrons. The van der Waals surface area contributed by atoms with Crippen LogP contribution < -0.4 is 10.6 Å². The third-order valence-electron chi connectivity index (χ3n) is 3.16. The summed E-state index contributed by atoms with van der Waals surface area (Å²) in [6.07, 6.45) is 1.62. The van der Waals surface area contributed by atoms with Gasteiger partial charge in [0, 0.05) is 12.7 Å². The molecule has 2 heterocycles. The number of aromatic amines is 1. The van der Waals surface area contributed by atoms with E-state index in [0.717, 1.165) is 16.8 Å². The van der Waals surface area contributed by atoms with E-state index >= 15 is 0 Å². The highest BCUT2D eigenvalue weighted by Crippen LogP contribution is 2.25. The van der Waals surface area contributed by atoms with Crippen LogP contribution in [0.1, 0.15) is 11.1 Å². The van der Waals surface area contributed by atoms with Crippen LogP contribution in [0.2, 0.25) is 0 Å². The molecule has 0 unspecified atom stereocenters. The summed E-state index contributed by atoms with van der Waals surface area (Å²) in [6, 6.07) is 6.27. The molecule has 2 aromatic heterocycles. The standard InChI is InChI=1S/C14H16N6/c1-8-4-5-9(2)10(6-8)18-13-11-12(17-7-16-11)19-14(15-3)20-13/h4-7H,1-3H3,(H3,15,16,17,18,19,20). The van der Waals surface area contributed by atoms with Crippen LogP contribution in [-0.4, -0.2) is 27.0 Å². The Morgan fingerprint density at radius 2 is 2.00 bits per heavy atom. The molecule has 1 aromatic carbocycles. The van der Waals surface area contributed by atoms with Gasteiger partial charge in [-0.3, -0.25) is 0 Å². The average Bonchev–Trinajstić information content (AvgIpc) is 2.91. The third kappa shape index (κ3) is 2.16. The maximum absolute atomic E-state index is 4.45. The van der Waals surface area contributed by atoms with E-state index in [9.17, 15) is 0 Å². The molecule has 0 aliphatic carbocycles. The van der Waals surface area contributed by atoms with E-state index in [-0.39, 0.29) is 0 Å². The van der Waals surface area contributed by atoms with Gasteiger partial charge in [-0.15, -0.1) is 0 Å². The molecule has 6 nitrogen and oxygen atoms in total. The minimum absolute atomic E-state index is 0.539. The van der Waals surface area contributed by atoms with Gasteiger partial charge in [-0.05, 0) is 31.0 Å². The van der Waals surface area contributed by atoms with Crippen molar-refractivity contribution in [2.24, 2.45) is 0 Å². The van der Waals surface area contributed by atoms with Gasteiger partial charge in [-0.2, -0.15) is 9.97 Å². The largest absolute Gasteiger partial charge is 0.357 e. The van der Waals surface area contributed by atoms with Crippen molar-refractivity contribution < 1.29 is 0 Å². The molecule has 20 heavy (non-hydrogen) atoms. The second kappa shape index (κ2) is 4.80. The number of nitrogens with zero attached hydrogens (tertiary/aromatic N) is 3. The Morgan fingerprint density at radius 1 is 1.15 bits per heavy atom. The molecular formula is C14H16N6. The number of imidazole rings is 1. The summed E-state index contributed by atoms with van der Waals surface area (Å²) in [7, 11) is 1.79. The Bertz CT molecular complexity index is 761. The van der Waals surface area contributed by atoms with Crippen LogP contribution in [0.3, 0.4) is 0 Å². The maximum atomic E-state index is 4.45. The molecule has 3 N–H and O–H groups in total. The Labute approximate surface area is 116 Å². The molecule has 0 bridgehead atoms. The molecule has 3 rings (SSSR count). The van der Waals surface area contributed by atoms with Gasteiger partial charge in [0.1, 0.15) is 5.52 Å². The van der Waals surface area contributed by atoms with Crippen molar-refractivity contribution in [1.82, 2.24) is 19.9 Å². The summed E-state index contributed by atoms with van der Waals surface area (Å²) in [6.45, 7) is 4.13. The van der Waals surface area contributed by atoms with Crippen LogP contribution in [0.25, 0.3) is 11.2 Å². The molecule has 0 spiro atoms. The zero-order valence-corrected chi connectivity index (χ0v) is 11.7. The Morgan fingerprint density at radius 3 is 2.80 bits per heavy atom. The summed E-state index contributed by atoms with van der Waals surface area (Å²) in [4.78, 5) is 16.0. The van der Waals surface area contributed by atoms with Crippen molar-refractivity contribution in [2.75, 3.05) is 17.7 Å². The monoisotopic (exact) mass is 268 g/mol. The number of aromatic nitrogens is 4. The number of nitrogens with one attached hydrogen (secondary N) is 3. The van der Waals surface area contributed by atoms with Crippen molar-refractivity contribution in [3.8, 4) is 0 Å². The average molecular weight is 268 g/mol. The Balaban J connectivity index is 2.09. The molecule has 0 aliphatic rings. The first-order chi connectivity index (χ1) is 9.67. The highest BCUT2D eigenvalue weighted by atomic mass is 15.2. The number of hydrogen-bond donors (Lipinski definition) is 3. The van der Waals surface area contributed by atoms with Crippen molar-refractivity contribution in [1.29, 1.82) is 0 Å². The molecule has 0 fully saturated rings. The minimum Gasteiger partial charge on any atom is -0.357 e. The molecule has 0 atom stereocenters. The lowest BCUT2D eigenvalue weighted by atomic mass is 10.1. The summed E-state index contributed by atoms with van der Waals surface area (Å²) < 4.78 is 0. The SMILES string of the molecule is CNc1nc(Nc2cc(C)ccc2C)c2[nH]cnc2n1. The molecule has 0 saturated heterocycles. The Hall–Kier alpha value is -2.63. The summed E-state index contributed by atoms with van der Waals surface area (Å²) in [5.74, 6) is 1.25. The van der Waals surface area contributed by atoms with E-state index < -0.39 is 0 Å². The minimum atomic E-state index is 0.539. The number of anilines is 3. The predicted molar refractivity (Wildman–Crippen MR) is 80.4 cm³/mol. The van der Waals surface area contributed by atoms with E-state index in [1.54, 1.807) is 13.4 Å². The number of fused-ring (bicyclic) bond motifs is 1. The molecule has 0 radical (unpaired) electrons. The van der Waals surface area contributed by atoms with Gasteiger partial charge in [0.15, 0.2) is 11.5 Å². The summed E-state index contributed by atoms with van der Waals surface area (Å²) in [5.41, 5.74) is 4.82. The molecule has 6 heteroatoms. The van der Waals surface area contributed by atoms with E-state index in [1.807, 2.05) is 0 Å². The van der Waals surface area contributed by atoms with Gasteiger partial charge >= 0.3 is 0 Å². The highest BCUT2D eigenvalue weighted by molar-refractivity contribution is 5.86. The van der Waals surface area contributed by atoms with Crippen LogP contribution in [0.5, 0.6) is 0 Å². The van der Waals surface area contributed by atoms with Gasteiger partial charge in [-0.1, -0.05) is 12.1 Å². The van der Waals surface area contributed by atoms with E-state index in [1.165, 1.54) is 5.56 Å². The predicted octanol–water partition coefficient (Wildman–Crippen LogP) is 2.76. The van der Waals surface area contributed by atoms with Gasteiger partial charge in [-0.25, -0.2) is 4.98 Å². The number of benzene rings is 1. The number of H-pyrrole nitrogens is 1. The molecular weight excluding hydrogens is 252 g/mol. The van der Waals surface area contributed by atoms with Crippen LogP contribution >= 0.6 is 0 Å². The third-order valence-corrected chi connectivity index (χ3v) is 3.16. The van der Waals surface area contributed by atoms with Crippen LogP contribution in [0.4, 0.5) is 17.5 Å². The first-order valence-corrected chi connectivity index (χ1v) is 6.40. The summed E-state index contributed by atoms with van der Waals surface area (Å²) in [5, 5.41) is 6.30. The number of hydrogen-bond acceptors (Lipinski definition) is 5. The molecule has 3 aromatic rings. The van der Waals surface area contributed by atoms with Crippen molar-refractivity contribution in [2.45, 2.75) is 13.8 Å². The van der Waals surface area contributed by atoms with E-state index in [0.29, 0.717) is 17.4 Å². The van der Waals surface area contributed by atoms with Crippen molar-refractivity contribution in [3.63, 3.8) is 0 Å². The van der Waals surface area contributed by atoms with Gasteiger partial charge in [0.2, 0.25) is 5.95 Å². The van der Waals surface area contributed by atoms with Gasteiger partial charge in [0.25, 0.3) is 0 Å². The lowest BCUT2D eigenvalue weighted by Gasteiger charge is -2.11. The van der Waals surface area contributed by atoms with Crippen molar-refractivity contribution in [3.05, 3.63) is 35.7 Å². The fourth-order valence-corrected chi connectivity index (χ4v) is 2.03. The van der Waals surface area contributed by atoms with Crippen LogP contribution in [-0.2, 0) is 0 Å². The first kappa shape index (κ1) is 12.4. The summed E-state index contributed by atoms with van der Waals surface area (Å²) >= 11 is 0. The fourth-order valence-electron chi connectivity index (χ4n) is 2.03. The van der Waals surface area contributed by atoms with Crippen LogP contribution in [0, 0.1) is 13.8 Å². The normalized spacial score (nSPS) is 10.8. The highest BCUT2D eigenvalue weighted by Gasteiger charge is 2.10. The first-order valence-electron chi connectivity index (χ1n) is 6.40. The second-order valence-electron chi connectivity index (χ2n) is 4.69. The van der Waals surface area contributed by atoms with Gasteiger partial charge in [0.05, 0.1) is 6.33 Å². The lowest BCUT2D eigenvalue weighted by molar-refractivity contribution is 1.17. The smallest absolute Gasteiger partial charge is 0.226 e. The maximum Gasteiger partial charge on any atom is 0.226 e. The second-order valence-corrected chi connectivity index (χ2v) is 4.69. The van der Waals surface area contributed by atoms with E-state index in [4.69, 9.17) is 0 Å². The zero-order chi connectivity index (χ0) is 14.1. The molecule has 0 aliphatic heterocycles. The fraction of sp³-hybridized carbons (Fsp3) is 0.214. The van der Waals surface area contributed by atoms with Crippen molar-refractivity contribution >= 4 is 28.6 Å². The zero-order valence-electron chi connectivity index (χ0n) is 11.7.